The molecule has 1 heterocycles. The molecule has 0 aromatic carbocycles. The summed E-state index contributed by atoms with van der Waals surface area (Å²) >= 11 is 0. The number of carbonyl (C=O) groups is 1. The fourth-order valence-electron chi connectivity index (χ4n) is 1.79. The highest BCUT2D eigenvalue weighted by Gasteiger charge is 2.28. The molecule has 1 aliphatic heterocycles. The summed E-state index contributed by atoms with van der Waals surface area (Å²) in [4.78, 5) is 13.6. The van der Waals surface area contributed by atoms with Gasteiger partial charge in [-0.05, 0) is 27.7 Å². The lowest BCUT2D eigenvalue weighted by Crippen LogP contribution is -2.56. The van der Waals surface area contributed by atoms with Crippen LogP contribution in [-0.4, -0.2) is 54.7 Å². The van der Waals surface area contributed by atoms with E-state index in [1.54, 1.807) is 13.8 Å². The molecule has 0 radical (unpaired) electrons. The SMILES string of the molecule is CC(C)N1CCOC(CNC(C)(C)C(N)=O)C1. The third kappa shape index (κ3) is 4.26. The van der Waals surface area contributed by atoms with Crippen molar-refractivity contribution in [3.8, 4) is 0 Å². The highest BCUT2D eigenvalue weighted by atomic mass is 16.5. The molecule has 1 atom stereocenters. The Morgan fingerprint density at radius 3 is 2.76 bits per heavy atom. The monoisotopic (exact) mass is 243 g/mol. The zero-order valence-corrected chi connectivity index (χ0v) is 11.3. The van der Waals surface area contributed by atoms with E-state index in [4.69, 9.17) is 10.5 Å². The minimum absolute atomic E-state index is 0.129. The normalized spacial score (nSPS) is 23.0. The fraction of sp³-hybridized carbons (Fsp3) is 0.917. The Hall–Kier alpha value is -0.650. The summed E-state index contributed by atoms with van der Waals surface area (Å²) in [6.45, 7) is 11.2. The highest BCUT2D eigenvalue weighted by Crippen LogP contribution is 2.09. The zero-order chi connectivity index (χ0) is 13.1. The standard InChI is InChI=1S/C12H25N3O2/c1-9(2)15-5-6-17-10(8-15)7-14-12(3,4)11(13)16/h9-10,14H,5-8H2,1-4H3,(H2,13,16). The van der Waals surface area contributed by atoms with E-state index < -0.39 is 5.54 Å². The summed E-state index contributed by atoms with van der Waals surface area (Å²) in [5.74, 6) is -0.339. The van der Waals surface area contributed by atoms with Crippen molar-refractivity contribution in [3.63, 3.8) is 0 Å². The number of amides is 1. The van der Waals surface area contributed by atoms with Gasteiger partial charge in [-0.1, -0.05) is 0 Å². The van der Waals surface area contributed by atoms with Crippen molar-refractivity contribution in [3.05, 3.63) is 0 Å². The molecule has 5 nitrogen and oxygen atoms in total. The highest BCUT2D eigenvalue weighted by molar-refractivity contribution is 5.83. The molecule has 17 heavy (non-hydrogen) atoms. The van der Waals surface area contributed by atoms with Gasteiger partial charge in [-0.15, -0.1) is 0 Å². The lowest BCUT2D eigenvalue weighted by molar-refractivity contribution is -0.123. The number of ether oxygens (including phenoxy) is 1. The largest absolute Gasteiger partial charge is 0.374 e. The average molecular weight is 243 g/mol. The Labute approximate surface area is 104 Å². The second-order valence-electron chi connectivity index (χ2n) is 5.45. The summed E-state index contributed by atoms with van der Waals surface area (Å²) < 4.78 is 5.68. The van der Waals surface area contributed by atoms with Gasteiger partial charge in [0.1, 0.15) is 0 Å². The third-order valence-electron chi connectivity index (χ3n) is 3.29. The van der Waals surface area contributed by atoms with Gasteiger partial charge in [0.15, 0.2) is 0 Å². The van der Waals surface area contributed by atoms with Crippen LogP contribution in [-0.2, 0) is 9.53 Å². The summed E-state index contributed by atoms with van der Waals surface area (Å²) in [5, 5.41) is 3.16. The molecule has 5 heteroatoms. The molecule has 1 aliphatic rings. The Balaban J connectivity index is 2.39. The van der Waals surface area contributed by atoms with Crippen LogP contribution in [0, 0.1) is 0 Å². The molecule has 1 saturated heterocycles. The van der Waals surface area contributed by atoms with Crippen LogP contribution >= 0.6 is 0 Å². The minimum atomic E-state index is -0.677. The maximum atomic E-state index is 11.2. The quantitative estimate of drug-likeness (QED) is 0.710. The van der Waals surface area contributed by atoms with Gasteiger partial charge >= 0.3 is 0 Å². The second kappa shape index (κ2) is 5.80. The minimum Gasteiger partial charge on any atom is -0.374 e. The molecule has 0 aliphatic carbocycles. The van der Waals surface area contributed by atoms with Crippen LogP contribution in [0.3, 0.4) is 0 Å². The van der Waals surface area contributed by atoms with Gasteiger partial charge in [0.25, 0.3) is 0 Å². The molecule has 100 valence electrons. The van der Waals surface area contributed by atoms with Crippen LogP contribution in [0.2, 0.25) is 0 Å². The number of hydrogen-bond donors (Lipinski definition) is 2. The van der Waals surface area contributed by atoms with Gasteiger partial charge in [0.05, 0.1) is 18.2 Å². The number of primary amides is 1. The Morgan fingerprint density at radius 1 is 1.59 bits per heavy atom. The van der Waals surface area contributed by atoms with E-state index in [-0.39, 0.29) is 12.0 Å². The average Bonchev–Trinajstić information content (AvgIpc) is 2.26. The van der Waals surface area contributed by atoms with Crippen molar-refractivity contribution in [1.82, 2.24) is 10.2 Å². The predicted molar refractivity (Wildman–Crippen MR) is 67.7 cm³/mol. The van der Waals surface area contributed by atoms with Crippen LogP contribution in [0.15, 0.2) is 0 Å². The molecule has 0 aromatic rings. The Kier molecular flexibility index (Phi) is 4.91. The second-order valence-corrected chi connectivity index (χ2v) is 5.45. The van der Waals surface area contributed by atoms with Crippen molar-refractivity contribution in [2.75, 3.05) is 26.2 Å². The van der Waals surface area contributed by atoms with Crippen molar-refractivity contribution in [1.29, 1.82) is 0 Å². The first-order valence-corrected chi connectivity index (χ1v) is 6.23. The van der Waals surface area contributed by atoms with Gasteiger partial charge in [0, 0.05) is 25.7 Å². The topological polar surface area (TPSA) is 67.6 Å². The number of nitrogens with two attached hydrogens (primary N) is 1. The predicted octanol–water partition coefficient (Wildman–Crippen LogP) is -0.0509. The molecule has 0 saturated carbocycles. The van der Waals surface area contributed by atoms with Gasteiger partial charge in [-0.3, -0.25) is 9.69 Å². The molecule has 1 fully saturated rings. The first-order valence-electron chi connectivity index (χ1n) is 6.23. The van der Waals surface area contributed by atoms with Crippen LogP contribution < -0.4 is 11.1 Å². The molecule has 1 amide bonds. The van der Waals surface area contributed by atoms with Gasteiger partial charge < -0.3 is 15.8 Å². The molecule has 3 N–H and O–H groups in total. The van der Waals surface area contributed by atoms with E-state index in [0.29, 0.717) is 12.6 Å². The lowest BCUT2D eigenvalue weighted by atomic mass is 10.0. The van der Waals surface area contributed by atoms with Crippen molar-refractivity contribution >= 4 is 5.91 Å². The maximum absolute atomic E-state index is 11.2. The number of nitrogens with one attached hydrogen (secondary N) is 1. The smallest absolute Gasteiger partial charge is 0.237 e. The van der Waals surface area contributed by atoms with Crippen molar-refractivity contribution < 1.29 is 9.53 Å². The number of rotatable bonds is 5. The zero-order valence-electron chi connectivity index (χ0n) is 11.3. The number of hydrogen-bond acceptors (Lipinski definition) is 4. The summed E-state index contributed by atoms with van der Waals surface area (Å²) in [5.41, 5.74) is 4.63. The Morgan fingerprint density at radius 2 is 2.24 bits per heavy atom. The summed E-state index contributed by atoms with van der Waals surface area (Å²) in [6, 6.07) is 0.533. The van der Waals surface area contributed by atoms with Crippen LogP contribution in [0.25, 0.3) is 0 Å². The van der Waals surface area contributed by atoms with Crippen LogP contribution in [0.1, 0.15) is 27.7 Å². The first kappa shape index (κ1) is 14.4. The number of nitrogens with zero attached hydrogens (tertiary/aromatic N) is 1. The van der Waals surface area contributed by atoms with Gasteiger partial charge in [0.2, 0.25) is 5.91 Å². The third-order valence-corrected chi connectivity index (χ3v) is 3.29. The van der Waals surface area contributed by atoms with Crippen LogP contribution in [0.5, 0.6) is 0 Å². The van der Waals surface area contributed by atoms with E-state index in [2.05, 4.69) is 24.1 Å². The maximum Gasteiger partial charge on any atom is 0.237 e. The van der Waals surface area contributed by atoms with E-state index in [1.807, 2.05) is 0 Å². The van der Waals surface area contributed by atoms with E-state index in [1.165, 1.54) is 0 Å². The first-order chi connectivity index (χ1) is 7.83. The summed E-state index contributed by atoms with van der Waals surface area (Å²) in [7, 11) is 0. The summed E-state index contributed by atoms with van der Waals surface area (Å²) in [6.07, 6.45) is 0.129. The molecule has 1 rings (SSSR count). The lowest BCUT2D eigenvalue weighted by Gasteiger charge is -2.36. The van der Waals surface area contributed by atoms with Gasteiger partial charge in [-0.25, -0.2) is 0 Å². The van der Waals surface area contributed by atoms with Crippen molar-refractivity contribution in [2.45, 2.75) is 45.4 Å². The molecular weight excluding hydrogens is 218 g/mol. The van der Waals surface area contributed by atoms with Crippen molar-refractivity contribution in [2.24, 2.45) is 5.73 Å². The van der Waals surface area contributed by atoms with E-state index in [9.17, 15) is 4.79 Å². The number of carbonyl (C=O) groups excluding carboxylic acids is 1. The van der Waals surface area contributed by atoms with Gasteiger partial charge in [-0.2, -0.15) is 0 Å². The molecule has 0 aromatic heterocycles. The van der Waals surface area contributed by atoms with Crippen LogP contribution in [0.4, 0.5) is 0 Å². The molecule has 0 spiro atoms. The molecular formula is C12H25N3O2. The Bertz CT molecular complexity index is 266. The van der Waals surface area contributed by atoms with E-state index >= 15 is 0 Å². The van der Waals surface area contributed by atoms with E-state index in [0.717, 1.165) is 19.7 Å². The molecule has 1 unspecified atom stereocenters. The molecule has 0 bridgehead atoms. The number of morpholine rings is 1. The fourth-order valence-corrected chi connectivity index (χ4v) is 1.79.